The highest BCUT2D eigenvalue weighted by atomic mass is 16.2. The molecule has 3 aromatic rings. The minimum absolute atomic E-state index is 0.0513. The van der Waals surface area contributed by atoms with Crippen LogP contribution in [-0.4, -0.2) is 26.6 Å². The number of amides is 1. The zero-order chi connectivity index (χ0) is 15.8. The van der Waals surface area contributed by atoms with E-state index in [1.807, 2.05) is 43.3 Å². The van der Waals surface area contributed by atoms with E-state index in [4.69, 9.17) is 4.98 Å². The Hall–Kier alpha value is -3.02. The van der Waals surface area contributed by atoms with Crippen LogP contribution < -0.4 is 5.43 Å². The number of rotatable bonds is 2. The average molecular weight is 305 g/mol. The second-order valence-corrected chi connectivity index (χ2v) is 5.64. The minimum Gasteiger partial charge on any atom is -0.337 e. The molecule has 0 spiro atoms. The zero-order valence-electron chi connectivity index (χ0n) is 12.6. The van der Waals surface area contributed by atoms with Gasteiger partial charge in [0.15, 0.2) is 5.82 Å². The van der Waals surface area contributed by atoms with E-state index in [0.29, 0.717) is 6.42 Å². The summed E-state index contributed by atoms with van der Waals surface area (Å²) in [6.07, 6.45) is 2.18. The number of aromatic nitrogens is 3. The van der Waals surface area contributed by atoms with Crippen LogP contribution in [0.25, 0.3) is 22.6 Å². The van der Waals surface area contributed by atoms with E-state index in [1.54, 1.807) is 6.20 Å². The van der Waals surface area contributed by atoms with Gasteiger partial charge in [0, 0.05) is 24.1 Å². The quantitative estimate of drug-likeness (QED) is 0.763. The summed E-state index contributed by atoms with van der Waals surface area (Å²) in [4.78, 5) is 23.8. The van der Waals surface area contributed by atoms with Crippen molar-refractivity contribution in [2.24, 2.45) is 11.0 Å². The van der Waals surface area contributed by atoms with Crippen molar-refractivity contribution in [3.8, 4) is 11.5 Å². The first-order chi connectivity index (χ1) is 11.2. The Kier molecular flexibility index (Phi) is 3.15. The molecular weight excluding hydrogens is 290 g/mol. The van der Waals surface area contributed by atoms with Crippen LogP contribution in [-0.2, 0) is 4.79 Å². The van der Waals surface area contributed by atoms with Crippen molar-refractivity contribution >= 4 is 22.7 Å². The zero-order valence-corrected chi connectivity index (χ0v) is 12.6. The number of benzene rings is 1. The number of nitrogens with one attached hydrogen (secondary N) is 2. The Morgan fingerprint density at radius 3 is 2.87 bits per heavy atom. The van der Waals surface area contributed by atoms with Crippen LogP contribution >= 0.6 is 0 Å². The summed E-state index contributed by atoms with van der Waals surface area (Å²) in [6.45, 7) is 2.00. The predicted octanol–water partition coefficient (Wildman–Crippen LogP) is 2.49. The first-order valence-corrected chi connectivity index (χ1v) is 7.49. The molecule has 0 bridgehead atoms. The molecule has 23 heavy (non-hydrogen) atoms. The maximum atomic E-state index is 11.5. The summed E-state index contributed by atoms with van der Waals surface area (Å²) in [5.41, 5.74) is 6.92. The SMILES string of the molecule is CC1CC(=O)NN=C1c1cccc2[nH]c(-c3ccccn3)nc12. The fourth-order valence-electron chi connectivity index (χ4n) is 2.84. The van der Waals surface area contributed by atoms with Gasteiger partial charge in [0.2, 0.25) is 5.91 Å². The number of nitrogens with zero attached hydrogens (tertiary/aromatic N) is 3. The van der Waals surface area contributed by atoms with Gasteiger partial charge in [-0.1, -0.05) is 25.1 Å². The molecular formula is C17H15N5O. The molecule has 1 unspecified atom stereocenters. The fraction of sp³-hybridized carbons (Fsp3) is 0.176. The van der Waals surface area contributed by atoms with Gasteiger partial charge in [0.05, 0.1) is 16.7 Å². The molecule has 114 valence electrons. The van der Waals surface area contributed by atoms with E-state index in [1.165, 1.54) is 0 Å². The topological polar surface area (TPSA) is 83.0 Å². The molecule has 1 aliphatic rings. The summed E-state index contributed by atoms with van der Waals surface area (Å²) in [5, 5.41) is 4.24. The van der Waals surface area contributed by atoms with E-state index in [9.17, 15) is 4.79 Å². The van der Waals surface area contributed by atoms with Crippen molar-refractivity contribution in [2.45, 2.75) is 13.3 Å². The molecule has 1 atom stereocenters. The largest absolute Gasteiger partial charge is 0.337 e. The number of imidazole rings is 1. The molecule has 6 heteroatoms. The highest BCUT2D eigenvalue weighted by Crippen LogP contribution is 2.25. The van der Waals surface area contributed by atoms with Crippen molar-refractivity contribution in [1.82, 2.24) is 20.4 Å². The smallest absolute Gasteiger partial charge is 0.240 e. The molecule has 0 fully saturated rings. The lowest BCUT2D eigenvalue weighted by Crippen LogP contribution is -2.32. The van der Waals surface area contributed by atoms with Gasteiger partial charge in [-0.05, 0) is 18.2 Å². The van der Waals surface area contributed by atoms with Gasteiger partial charge in [0.1, 0.15) is 5.69 Å². The number of pyridine rings is 1. The number of fused-ring (bicyclic) bond motifs is 1. The number of carbonyl (C=O) groups is 1. The van der Waals surface area contributed by atoms with Crippen molar-refractivity contribution in [2.75, 3.05) is 0 Å². The van der Waals surface area contributed by atoms with E-state index < -0.39 is 0 Å². The highest BCUT2D eigenvalue weighted by Gasteiger charge is 2.24. The molecule has 0 aliphatic carbocycles. The maximum Gasteiger partial charge on any atom is 0.240 e. The Morgan fingerprint density at radius 1 is 1.17 bits per heavy atom. The average Bonchev–Trinajstić information content (AvgIpc) is 3.00. The number of H-pyrrole nitrogens is 1. The van der Waals surface area contributed by atoms with E-state index in [0.717, 1.165) is 33.8 Å². The second kappa shape index (κ2) is 5.31. The lowest BCUT2D eigenvalue weighted by atomic mass is 9.93. The standard InChI is InChI=1S/C17H15N5O/c1-10-9-14(23)21-22-15(10)11-5-4-7-12-16(11)20-17(19-12)13-6-2-3-8-18-13/h2-8,10H,9H2,1H3,(H,19,20)(H,21,23). The summed E-state index contributed by atoms with van der Waals surface area (Å²) >= 11 is 0. The first-order valence-electron chi connectivity index (χ1n) is 7.49. The Morgan fingerprint density at radius 2 is 2.09 bits per heavy atom. The van der Waals surface area contributed by atoms with Gasteiger partial charge in [-0.2, -0.15) is 5.10 Å². The lowest BCUT2D eigenvalue weighted by molar-refractivity contribution is -0.121. The van der Waals surface area contributed by atoms with Crippen LogP contribution in [0.3, 0.4) is 0 Å². The van der Waals surface area contributed by atoms with Crippen LogP contribution in [0.15, 0.2) is 47.7 Å². The van der Waals surface area contributed by atoms with E-state index in [2.05, 4.69) is 20.5 Å². The molecule has 0 saturated carbocycles. The predicted molar refractivity (Wildman–Crippen MR) is 87.8 cm³/mol. The molecule has 3 heterocycles. The Balaban J connectivity index is 1.86. The number of hydrazone groups is 1. The van der Waals surface area contributed by atoms with Gasteiger partial charge >= 0.3 is 0 Å². The van der Waals surface area contributed by atoms with Crippen LogP contribution in [0, 0.1) is 5.92 Å². The molecule has 2 N–H and O–H groups in total. The van der Waals surface area contributed by atoms with Crippen LogP contribution in [0.1, 0.15) is 18.9 Å². The van der Waals surface area contributed by atoms with Gasteiger partial charge in [-0.15, -0.1) is 0 Å². The first kappa shape index (κ1) is 13.6. The molecule has 0 saturated heterocycles. The summed E-state index contributed by atoms with van der Waals surface area (Å²) in [6, 6.07) is 11.6. The number of aromatic amines is 1. The molecule has 1 amide bonds. The third kappa shape index (κ3) is 2.38. The summed E-state index contributed by atoms with van der Waals surface area (Å²) < 4.78 is 0. The number of hydrogen-bond acceptors (Lipinski definition) is 4. The summed E-state index contributed by atoms with van der Waals surface area (Å²) in [5.74, 6) is 0.732. The monoisotopic (exact) mass is 305 g/mol. The third-order valence-corrected chi connectivity index (χ3v) is 3.96. The lowest BCUT2D eigenvalue weighted by Gasteiger charge is -2.19. The van der Waals surface area contributed by atoms with Crippen LogP contribution in [0.2, 0.25) is 0 Å². The van der Waals surface area contributed by atoms with Gasteiger partial charge in [-0.25, -0.2) is 10.4 Å². The highest BCUT2D eigenvalue weighted by molar-refractivity contribution is 6.12. The van der Waals surface area contributed by atoms with Crippen molar-refractivity contribution in [1.29, 1.82) is 0 Å². The van der Waals surface area contributed by atoms with Gasteiger partial charge in [0.25, 0.3) is 0 Å². The van der Waals surface area contributed by atoms with Crippen molar-refractivity contribution < 1.29 is 4.79 Å². The molecule has 6 nitrogen and oxygen atoms in total. The van der Waals surface area contributed by atoms with Gasteiger partial charge in [-0.3, -0.25) is 9.78 Å². The number of para-hydroxylation sites is 1. The molecule has 1 aliphatic heterocycles. The third-order valence-electron chi connectivity index (χ3n) is 3.96. The van der Waals surface area contributed by atoms with Crippen LogP contribution in [0.5, 0.6) is 0 Å². The minimum atomic E-state index is -0.0513. The van der Waals surface area contributed by atoms with Gasteiger partial charge < -0.3 is 4.98 Å². The maximum absolute atomic E-state index is 11.5. The van der Waals surface area contributed by atoms with Crippen LogP contribution in [0.4, 0.5) is 0 Å². The van der Waals surface area contributed by atoms with E-state index >= 15 is 0 Å². The van der Waals surface area contributed by atoms with Crippen molar-refractivity contribution in [3.63, 3.8) is 0 Å². The summed E-state index contributed by atoms with van der Waals surface area (Å²) in [7, 11) is 0. The fourth-order valence-corrected chi connectivity index (χ4v) is 2.84. The molecule has 4 rings (SSSR count). The second-order valence-electron chi connectivity index (χ2n) is 5.64. The Bertz CT molecular complexity index is 913. The molecule has 0 radical (unpaired) electrons. The molecule has 2 aromatic heterocycles. The van der Waals surface area contributed by atoms with E-state index in [-0.39, 0.29) is 11.8 Å². The number of hydrogen-bond donors (Lipinski definition) is 2. The molecule has 1 aromatic carbocycles. The van der Waals surface area contributed by atoms with Crippen molar-refractivity contribution in [3.05, 3.63) is 48.2 Å². The Labute approximate surface area is 132 Å². The normalized spacial score (nSPS) is 17.9. The number of carbonyl (C=O) groups excluding carboxylic acids is 1.